The predicted octanol–water partition coefficient (Wildman–Crippen LogP) is 4.05. The van der Waals surface area contributed by atoms with Gasteiger partial charge in [0.2, 0.25) is 9.84 Å². The number of sulfone groups is 1. The molecule has 0 saturated heterocycles. The maximum absolute atomic E-state index is 12.4. The lowest BCUT2D eigenvalue weighted by Gasteiger charge is -2.28. The van der Waals surface area contributed by atoms with Crippen LogP contribution in [0.3, 0.4) is 0 Å². The van der Waals surface area contributed by atoms with Gasteiger partial charge >= 0.3 is 0 Å². The van der Waals surface area contributed by atoms with Gasteiger partial charge in [0, 0.05) is 16.4 Å². The van der Waals surface area contributed by atoms with Gasteiger partial charge in [0.05, 0.1) is 10.6 Å². The lowest BCUT2D eigenvalue weighted by Crippen LogP contribution is -2.21. The van der Waals surface area contributed by atoms with Crippen LogP contribution in [0.2, 0.25) is 0 Å². The summed E-state index contributed by atoms with van der Waals surface area (Å²) in [6.07, 6.45) is 1.38. The van der Waals surface area contributed by atoms with Crippen molar-refractivity contribution in [3.05, 3.63) is 63.6 Å². The molecule has 0 aromatic heterocycles. The van der Waals surface area contributed by atoms with Crippen molar-refractivity contribution in [1.82, 2.24) is 0 Å². The van der Waals surface area contributed by atoms with E-state index < -0.39 is 9.84 Å². The van der Waals surface area contributed by atoms with E-state index in [-0.39, 0.29) is 9.80 Å². The van der Waals surface area contributed by atoms with Crippen LogP contribution in [0.1, 0.15) is 5.56 Å². The molecule has 6 heteroatoms. The summed E-state index contributed by atoms with van der Waals surface area (Å²) >= 11 is 3.41. The third-order valence-electron chi connectivity index (χ3n) is 3.48. The highest BCUT2D eigenvalue weighted by Crippen LogP contribution is 2.40. The number of halogens is 1. The molecule has 1 heterocycles. The Morgan fingerprint density at radius 3 is 2.55 bits per heavy atom. The van der Waals surface area contributed by atoms with E-state index in [0.29, 0.717) is 5.69 Å². The maximum atomic E-state index is 12.4. The Labute approximate surface area is 137 Å². The number of rotatable bonds is 1. The van der Waals surface area contributed by atoms with Crippen molar-refractivity contribution in [2.24, 2.45) is 0 Å². The van der Waals surface area contributed by atoms with Gasteiger partial charge in [-0.15, -0.1) is 0 Å². The monoisotopic (exact) mass is 374 g/mol. The summed E-state index contributed by atoms with van der Waals surface area (Å²) in [6, 6.07) is 14.2. The fraction of sp³-hybridized carbons (Fsp3) is 0.0625. The highest BCUT2D eigenvalue weighted by molar-refractivity contribution is 9.10. The average Bonchev–Trinajstić information content (AvgIpc) is 2.49. The van der Waals surface area contributed by atoms with Crippen LogP contribution in [-0.4, -0.2) is 8.42 Å². The van der Waals surface area contributed by atoms with Crippen molar-refractivity contribution in [2.75, 3.05) is 4.90 Å². The number of benzene rings is 2. The lowest BCUT2D eigenvalue weighted by molar-refractivity contribution is 0.602. The van der Waals surface area contributed by atoms with Gasteiger partial charge in [0.15, 0.2) is 4.91 Å². The third kappa shape index (κ3) is 2.23. The first kappa shape index (κ1) is 14.8. The van der Waals surface area contributed by atoms with Crippen LogP contribution in [0, 0.1) is 18.3 Å². The van der Waals surface area contributed by atoms with Crippen LogP contribution in [0.25, 0.3) is 0 Å². The Morgan fingerprint density at radius 2 is 1.86 bits per heavy atom. The Bertz CT molecular complexity index is 943. The van der Waals surface area contributed by atoms with Gasteiger partial charge in [0.1, 0.15) is 6.07 Å². The number of hydrogen-bond donors (Lipinski definition) is 0. The number of anilines is 2. The van der Waals surface area contributed by atoms with Crippen molar-refractivity contribution < 1.29 is 8.42 Å². The van der Waals surface area contributed by atoms with E-state index in [1.807, 2.05) is 25.1 Å². The van der Waals surface area contributed by atoms with Gasteiger partial charge in [-0.3, -0.25) is 0 Å². The van der Waals surface area contributed by atoms with Crippen molar-refractivity contribution >= 4 is 37.1 Å². The molecule has 0 unspecified atom stereocenters. The molecule has 0 atom stereocenters. The molecule has 2 aromatic rings. The summed E-state index contributed by atoms with van der Waals surface area (Å²) in [4.78, 5) is 1.64. The molecule has 1 aliphatic rings. The number of fused-ring (bicyclic) bond motifs is 1. The standard InChI is InChI=1S/C16H11BrN2O2S/c1-11-8-12(17)6-7-14(11)19-10-13(9-18)22(20,21)16-5-3-2-4-15(16)19/h2-8,10H,1H3. The highest BCUT2D eigenvalue weighted by Gasteiger charge is 2.32. The van der Waals surface area contributed by atoms with Crippen molar-refractivity contribution in [1.29, 1.82) is 5.26 Å². The summed E-state index contributed by atoms with van der Waals surface area (Å²) in [5.41, 5.74) is 2.35. The van der Waals surface area contributed by atoms with Crippen molar-refractivity contribution in [2.45, 2.75) is 11.8 Å². The smallest absolute Gasteiger partial charge is 0.220 e. The van der Waals surface area contributed by atoms with Gasteiger partial charge in [-0.25, -0.2) is 8.42 Å². The second-order valence-electron chi connectivity index (χ2n) is 4.88. The van der Waals surface area contributed by atoms with Crippen LogP contribution >= 0.6 is 15.9 Å². The first-order valence-corrected chi connectivity index (χ1v) is 8.74. The van der Waals surface area contributed by atoms with Crippen molar-refractivity contribution in [3.8, 4) is 6.07 Å². The van der Waals surface area contributed by atoms with E-state index in [2.05, 4.69) is 15.9 Å². The van der Waals surface area contributed by atoms with E-state index in [1.54, 1.807) is 29.2 Å². The molecule has 0 spiro atoms. The lowest BCUT2D eigenvalue weighted by atomic mass is 10.1. The summed E-state index contributed by atoms with van der Waals surface area (Å²) in [7, 11) is -3.75. The van der Waals surface area contributed by atoms with Gasteiger partial charge in [-0.05, 0) is 42.8 Å². The van der Waals surface area contributed by atoms with Gasteiger partial charge in [-0.1, -0.05) is 28.1 Å². The molecular formula is C16H11BrN2O2S. The van der Waals surface area contributed by atoms with Crippen LogP contribution in [0.15, 0.2) is 62.9 Å². The number of nitrogens with zero attached hydrogens (tertiary/aromatic N) is 2. The molecule has 0 N–H and O–H groups in total. The van der Waals surface area contributed by atoms with E-state index in [1.165, 1.54) is 12.3 Å². The molecule has 0 saturated carbocycles. The molecule has 22 heavy (non-hydrogen) atoms. The Balaban J connectivity index is 2.31. The first-order chi connectivity index (χ1) is 10.4. The molecule has 110 valence electrons. The second-order valence-corrected chi connectivity index (χ2v) is 7.68. The van der Waals surface area contributed by atoms with Gasteiger partial charge in [0.25, 0.3) is 0 Å². The summed E-state index contributed by atoms with van der Waals surface area (Å²) in [6.45, 7) is 1.94. The third-order valence-corrected chi connectivity index (χ3v) is 5.67. The fourth-order valence-electron chi connectivity index (χ4n) is 2.44. The molecule has 0 aliphatic carbocycles. The van der Waals surface area contributed by atoms with Crippen LogP contribution < -0.4 is 4.90 Å². The van der Waals surface area contributed by atoms with Crippen molar-refractivity contribution in [3.63, 3.8) is 0 Å². The van der Waals surface area contributed by atoms with Gasteiger partial charge < -0.3 is 4.90 Å². The summed E-state index contributed by atoms with van der Waals surface area (Å²) in [5.74, 6) is 0. The molecule has 1 aliphatic heterocycles. The quantitative estimate of drug-likeness (QED) is 0.755. The van der Waals surface area contributed by atoms with Crippen LogP contribution in [0.5, 0.6) is 0 Å². The summed E-state index contributed by atoms with van der Waals surface area (Å²) in [5, 5.41) is 9.20. The van der Waals surface area contributed by atoms with Crippen LogP contribution in [0.4, 0.5) is 11.4 Å². The topological polar surface area (TPSA) is 61.2 Å². The maximum Gasteiger partial charge on any atom is 0.220 e. The molecular weight excluding hydrogens is 364 g/mol. The van der Waals surface area contributed by atoms with Gasteiger partial charge in [-0.2, -0.15) is 5.26 Å². The molecule has 0 amide bonds. The first-order valence-electron chi connectivity index (χ1n) is 6.46. The minimum Gasteiger partial charge on any atom is -0.314 e. The molecule has 3 rings (SSSR count). The zero-order valence-electron chi connectivity index (χ0n) is 11.6. The molecule has 0 radical (unpaired) electrons. The molecule has 4 nitrogen and oxygen atoms in total. The highest BCUT2D eigenvalue weighted by atomic mass is 79.9. The summed E-state index contributed by atoms with van der Waals surface area (Å²) < 4.78 is 25.8. The van der Waals surface area contributed by atoms with Crippen LogP contribution in [-0.2, 0) is 9.84 Å². The van der Waals surface area contributed by atoms with E-state index in [0.717, 1.165) is 15.7 Å². The number of para-hydroxylation sites is 1. The zero-order chi connectivity index (χ0) is 15.9. The zero-order valence-corrected chi connectivity index (χ0v) is 14.0. The van der Waals surface area contributed by atoms with E-state index in [4.69, 9.17) is 0 Å². The fourth-order valence-corrected chi connectivity index (χ4v) is 4.21. The minimum absolute atomic E-state index is 0.149. The number of allylic oxidation sites excluding steroid dienone is 1. The van der Waals surface area contributed by atoms with E-state index >= 15 is 0 Å². The number of hydrogen-bond acceptors (Lipinski definition) is 4. The predicted molar refractivity (Wildman–Crippen MR) is 88.3 cm³/mol. The largest absolute Gasteiger partial charge is 0.314 e. The average molecular weight is 375 g/mol. The Kier molecular flexibility index (Phi) is 3.55. The van der Waals surface area contributed by atoms with E-state index in [9.17, 15) is 13.7 Å². The Morgan fingerprint density at radius 1 is 1.14 bits per heavy atom. The molecule has 0 bridgehead atoms. The second kappa shape index (κ2) is 5.27. The minimum atomic E-state index is -3.75. The SMILES string of the molecule is Cc1cc(Br)ccc1N1C=C(C#N)S(=O)(=O)c2ccccc21. The molecule has 2 aromatic carbocycles. The normalized spacial score (nSPS) is 15.7. The Hall–Kier alpha value is -2.10. The molecule has 0 fully saturated rings. The number of aryl methyl sites for hydroxylation is 1. The number of nitriles is 1.